The van der Waals surface area contributed by atoms with Crippen LogP contribution < -0.4 is 15.0 Å². The van der Waals surface area contributed by atoms with E-state index in [-0.39, 0.29) is 6.04 Å². The van der Waals surface area contributed by atoms with Gasteiger partial charge in [-0.15, -0.1) is 0 Å². The second kappa shape index (κ2) is 10.9. The number of nitrogens with one attached hydrogen (secondary N) is 1. The number of amides is 1. The highest BCUT2D eigenvalue weighted by atomic mass is 16.5. The molecule has 5 rings (SSSR count). The van der Waals surface area contributed by atoms with Crippen LogP contribution in [0, 0.1) is 5.92 Å². The molecule has 0 unspecified atom stereocenters. The predicted octanol–water partition coefficient (Wildman–Crippen LogP) is 3.29. The Balaban J connectivity index is 1.22. The second-order valence-electron chi connectivity index (χ2n) is 9.69. The SMILES string of the molecule is CN1CCN(c2ccc(-n3cc(-c4ncncc4OCC4CCC(NC(=O)O)CC4)cn3)cc2)CC1. The van der Waals surface area contributed by atoms with E-state index < -0.39 is 6.09 Å². The van der Waals surface area contributed by atoms with Crippen LogP contribution in [0.1, 0.15) is 25.7 Å². The van der Waals surface area contributed by atoms with Crippen molar-refractivity contribution in [1.29, 1.82) is 0 Å². The molecule has 3 aromatic rings. The highest BCUT2D eigenvalue weighted by Gasteiger charge is 2.23. The molecule has 36 heavy (non-hydrogen) atoms. The highest BCUT2D eigenvalue weighted by molar-refractivity contribution is 5.65. The summed E-state index contributed by atoms with van der Waals surface area (Å²) in [7, 11) is 2.16. The van der Waals surface area contributed by atoms with Gasteiger partial charge in [0.05, 0.1) is 24.7 Å². The van der Waals surface area contributed by atoms with E-state index in [1.165, 1.54) is 12.0 Å². The molecule has 2 aliphatic rings. The summed E-state index contributed by atoms with van der Waals surface area (Å²) in [6.45, 7) is 4.80. The summed E-state index contributed by atoms with van der Waals surface area (Å²) >= 11 is 0. The Morgan fingerprint density at radius 1 is 1.06 bits per heavy atom. The van der Waals surface area contributed by atoms with Gasteiger partial charge in [0.2, 0.25) is 0 Å². The van der Waals surface area contributed by atoms with E-state index in [2.05, 4.69) is 61.5 Å². The molecule has 2 N–H and O–H groups in total. The van der Waals surface area contributed by atoms with E-state index in [9.17, 15) is 4.79 Å². The molecule has 2 fully saturated rings. The first-order valence-corrected chi connectivity index (χ1v) is 12.6. The fourth-order valence-electron chi connectivity index (χ4n) is 4.96. The number of carboxylic acid groups (broad SMARTS) is 1. The highest BCUT2D eigenvalue weighted by Crippen LogP contribution is 2.30. The summed E-state index contributed by atoms with van der Waals surface area (Å²) in [6.07, 6.45) is 9.54. The summed E-state index contributed by atoms with van der Waals surface area (Å²) in [6, 6.07) is 8.54. The first-order valence-electron chi connectivity index (χ1n) is 12.6. The van der Waals surface area contributed by atoms with Crippen molar-refractivity contribution in [3.63, 3.8) is 0 Å². The Labute approximate surface area is 210 Å². The second-order valence-corrected chi connectivity index (χ2v) is 9.69. The maximum atomic E-state index is 10.9. The lowest BCUT2D eigenvalue weighted by Gasteiger charge is -2.34. The van der Waals surface area contributed by atoms with E-state index in [0.717, 1.165) is 63.1 Å². The van der Waals surface area contributed by atoms with Gasteiger partial charge < -0.3 is 25.0 Å². The number of ether oxygens (including phenoxy) is 1. The third-order valence-corrected chi connectivity index (χ3v) is 7.17. The van der Waals surface area contributed by atoms with Crippen LogP contribution >= 0.6 is 0 Å². The Morgan fingerprint density at radius 2 is 1.78 bits per heavy atom. The molecule has 2 aromatic heterocycles. The molecule has 1 saturated carbocycles. The van der Waals surface area contributed by atoms with Gasteiger partial charge in [0.1, 0.15) is 12.0 Å². The Kier molecular flexibility index (Phi) is 7.31. The minimum Gasteiger partial charge on any atom is -0.489 e. The van der Waals surface area contributed by atoms with Crippen LogP contribution in [0.5, 0.6) is 5.75 Å². The number of nitrogens with zero attached hydrogens (tertiary/aromatic N) is 6. The summed E-state index contributed by atoms with van der Waals surface area (Å²) < 4.78 is 8.00. The van der Waals surface area contributed by atoms with Crippen LogP contribution in [0.25, 0.3) is 16.9 Å². The van der Waals surface area contributed by atoms with Crippen molar-refractivity contribution in [2.24, 2.45) is 5.92 Å². The summed E-state index contributed by atoms with van der Waals surface area (Å²) in [5.74, 6) is 1.01. The number of likely N-dealkylation sites (N-methyl/N-ethyl adjacent to an activating group) is 1. The van der Waals surface area contributed by atoms with Crippen molar-refractivity contribution in [2.75, 3.05) is 44.7 Å². The molecule has 1 aliphatic carbocycles. The van der Waals surface area contributed by atoms with Gasteiger partial charge in [-0.2, -0.15) is 5.10 Å². The van der Waals surface area contributed by atoms with Crippen molar-refractivity contribution >= 4 is 11.8 Å². The van der Waals surface area contributed by atoms with Crippen LogP contribution in [0.4, 0.5) is 10.5 Å². The smallest absolute Gasteiger partial charge is 0.404 e. The zero-order valence-electron chi connectivity index (χ0n) is 20.6. The number of piperazine rings is 1. The van der Waals surface area contributed by atoms with Gasteiger partial charge in [0.25, 0.3) is 0 Å². The molecule has 0 atom stereocenters. The normalized spacial score (nSPS) is 20.8. The number of hydrogen-bond acceptors (Lipinski definition) is 7. The van der Waals surface area contributed by atoms with E-state index >= 15 is 0 Å². The van der Waals surface area contributed by atoms with Crippen molar-refractivity contribution in [3.8, 4) is 22.7 Å². The Hall–Kier alpha value is -3.66. The molecule has 190 valence electrons. The van der Waals surface area contributed by atoms with Crippen LogP contribution in [-0.4, -0.2) is 81.7 Å². The van der Waals surface area contributed by atoms with Gasteiger partial charge in [0.15, 0.2) is 5.75 Å². The van der Waals surface area contributed by atoms with Crippen molar-refractivity contribution in [3.05, 3.63) is 49.2 Å². The molecule has 1 saturated heterocycles. The maximum absolute atomic E-state index is 10.9. The molecule has 1 amide bonds. The van der Waals surface area contributed by atoms with Crippen LogP contribution in [0.15, 0.2) is 49.2 Å². The predicted molar refractivity (Wildman–Crippen MR) is 137 cm³/mol. The number of aromatic nitrogens is 4. The molecule has 0 bridgehead atoms. The third kappa shape index (κ3) is 5.76. The molecule has 0 radical (unpaired) electrons. The molecule has 1 aliphatic heterocycles. The zero-order valence-corrected chi connectivity index (χ0v) is 20.6. The molecule has 10 nitrogen and oxygen atoms in total. The molecule has 3 heterocycles. The Morgan fingerprint density at radius 3 is 2.50 bits per heavy atom. The average molecular weight is 492 g/mol. The summed E-state index contributed by atoms with van der Waals surface area (Å²) in [4.78, 5) is 24.2. The van der Waals surface area contributed by atoms with Gasteiger partial charge in [0, 0.05) is 49.7 Å². The number of benzene rings is 1. The van der Waals surface area contributed by atoms with Crippen LogP contribution in [0.2, 0.25) is 0 Å². The fraction of sp³-hybridized carbons (Fsp3) is 0.462. The molecule has 10 heteroatoms. The number of carbonyl (C=O) groups is 1. The maximum Gasteiger partial charge on any atom is 0.404 e. The molecule has 1 aromatic carbocycles. The van der Waals surface area contributed by atoms with Crippen LogP contribution in [-0.2, 0) is 0 Å². The van der Waals surface area contributed by atoms with Gasteiger partial charge in [-0.3, -0.25) is 0 Å². The van der Waals surface area contributed by atoms with Crippen molar-refractivity contribution in [2.45, 2.75) is 31.7 Å². The minimum absolute atomic E-state index is 0.0378. The van der Waals surface area contributed by atoms with Gasteiger partial charge in [-0.05, 0) is 62.9 Å². The van der Waals surface area contributed by atoms with E-state index in [4.69, 9.17) is 9.84 Å². The van der Waals surface area contributed by atoms with Crippen LogP contribution in [0.3, 0.4) is 0 Å². The lowest BCUT2D eigenvalue weighted by atomic mass is 9.86. The average Bonchev–Trinajstić information content (AvgIpc) is 3.39. The van der Waals surface area contributed by atoms with Gasteiger partial charge in [-0.25, -0.2) is 19.4 Å². The van der Waals surface area contributed by atoms with E-state index in [0.29, 0.717) is 24.0 Å². The van der Waals surface area contributed by atoms with Crippen molar-refractivity contribution in [1.82, 2.24) is 30.0 Å². The zero-order chi connectivity index (χ0) is 24.9. The summed E-state index contributed by atoms with van der Waals surface area (Å²) in [5.41, 5.74) is 3.80. The molecular weight excluding hydrogens is 458 g/mol. The first-order chi connectivity index (χ1) is 17.5. The van der Waals surface area contributed by atoms with Crippen molar-refractivity contribution < 1.29 is 14.6 Å². The summed E-state index contributed by atoms with van der Waals surface area (Å²) in [5, 5.41) is 16.1. The van der Waals surface area contributed by atoms with Gasteiger partial charge >= 0.3 is 6.09 Å². The largest absolute Gasteiger partial charge is 0.489 e. The Bertz CT molecular complexity index is 1150. The van der Waals surface area contributed by atoms with E-state index in [1.54, 1.807) is 12.4 Å². The van der Waals surface area contributed by atoms with Gasteiger partial charge in [-0.1, -0.05) is 0 Å². The lowest BCUT2D eigenvalue weighted by molar-refractivity contribution is 0.169. The number of hydrogen-bond donors (Lipinski definition) is 2. The lowest BCUT2D eigenvalue weighted by Crippen LogP contribution is -2.44. The number of rotatable bonds is 7. The standard InChI is InChI=1S/C26H33N7O3/c1-31-10-12-32(13-11-31)22-6-8-23(9-7-22)33-16-20(14-29-33)25-24(15-27-18-28-25)36-17-19-2-4-21(5-3-19)30-26(34)35/h6-9,14-16,18-19,21,30H,2-5,10-13,17H2,1H3,(H,34,35). The molecule has 0 spiro atoms. The van der Waals surface area contributed by atoms with E-state index in [1.807, 2.05) is 10.9 Å². The molecular formula is C26H33N7O3. The quantitative estimate of drug-likeness (QED) is 0.518. The third-order valence-electron chi connectivity index (χ3n) is 7.17. The monoisotopic (exact) mass is 491 g/mol. The minimum atomic E-state index is -0.952. The topological polar surface area (TPSA) is 109 Å². The fourth-order valence-corrected chi connectivity index (χ4v) is 4.96. The first kappa shape index (κ1) is 24.1. The number of anilines is 1.